The van der Waals surface area contributed by atoms with E-state index < -0.39 is 0 Å². The second kappa shape index (κ2) is 7.43. The third-order valence-electron chi connectivity index (χ3n) is 4.39. The summed E-state index contributed by atoms with van der Waals surface area (Å²) in [5.41, 5.74) is 1.37. The first kappa shape index (κ1) is 15.8. The second-order valence-electron chi connectivity index (χ2n) is 5.67. The number of thiophene rings is 1. The Labute approximate surface area is 131 Å². The van der Waals surface area contributed by atoms with Crippen molar-refractivity contribution in [1.29, 1.82) is 0 Å². The third kappa shape index (κ3) is 3.74. The molecule has 1 amide bonds. The van der Waals surface area contributed by atoms with Crippen molar-refractivity contribution in [3.63, 3.8) is 0 Å². The summed E-state index contributed by atoms with van der Waals surface area (Å²) >= 11 is 1.83. The number of hydrogen-bond acceptors (Lipinski definition) is 3. The summed E-state index contributed by atoms with van der Waals surface area (Å²) in [6.45, 7) is 4.00. The molecule has 112 valence electrons. The predicted molar refractivity (Wildman–Crippen MR) is 85.5 cm³/mol. The Kier molecular flexibility index (Phi) is 5.87. The Morgan fingerprint density at radius 1 is 1.40 bits per heavy atom. The summed E-state index contributed by atoms with van der Waals surface area (Å²) in [6.07, 6.45) is 5.34. The van der Waals surface area contributed by atoms with Gasteiger partial charge in [-0.15, -0.1) is 23.7 Å². The first-order chi connectivity index (χ1) is 9.33. The molecule has 0 spiro atoms. The first-order valence-corrected chi connectivity index (χ1v) is 8.24. The number of hydrogen-bond donors (Lipinski definition) is 1. The van der Waals surface area contributed by atoms with Crippen molar-refractivity contribution >= 4 is 29.7 Å². The Morgan fingerprint density at radius 3 is 3.00 bits per heavy atom. The predicted octanol–water partition coefficient (Wildman–Crippen LogP) is 2.83. The molecule has 20 heavy (non-hydrogen) atoms. The quantitative estimate of drug-likeness (QED) is 0.930. The van der Waals surface area contributed by atoms with Crippen LogP contribution in [0.1, 0.15) is 36.1 Å². The number of carbonyl (C=O) groups is 1. The van der Waals surface area contributed by atoms with Crippen LogP contribution >= 0.6 is 23.7 Å². The van der Waals surface area contributed by atoms with Gasteiger partial charge in [0.1, 0.15) is 0 Å². The molecule has 5 heteroatoms. The average molecular weight is 315 g/mol. The molecule has 1 aromatic rings. The number of piperidine rings is 1. The van der Waals surface area contributed by atoms with E-state index in [0.29, 0.717) is 5.91 Å². The summed E-state index contributed by atoms with van der Waals surface area (Å²) in [7, 11) is 0. The van der Waals surface area contributed by atoms with Crippen molar-refractivity contribution in [3.05, 3.63) is 21.9 Å². The maximum atomic E-state index is 12.3. The van der Waals surface area contributed by atoms with Crippen LogP contribution in [0.4, 0.5) is 0 Å². The molecular formula is C15H23ClN2OS. The molecular weight excluding hydrogens is 292 g/mol. The molecule has 2 aliphatic rings. The van der Waals surface area contributed by atoms with E-state index in [2.05, 4.69) is 21.7 Å². The lowest BCUT2D eigenvalue weighted by Gasteiger charge is -2.28. The number of carbonyl (C=O) groups excluding carboxylic acids is 1. The van der Waals surface area contributed by atoms with Gasteiger partial charge in [0.2, 0.25) is 5.91 Å². The van der Waals surface area contributed by atoms with E-state index in [1.54, 1.807) is 0 Å². The van der Waals surface area contributed by atoms with Crippen molar-refractivity contribution in [1.82, 2.24) is 10.2 Å². The van der Waals surface area contributed by atoms with Gasteiger partial charge in [-0.25, -0.2) is 0 Å². The number of amides is 1. The lowest BCUT2D eigenvalue weighted by molar-refractivity contribution is -0.132. The fourth-order valence-corrected chi connectivity index (χ4v) is 4.01. The van der Waals surface area contributed by atoms with Crippen LogP contribution in [0.2, 0.25) is 0 Å². The molecule has 0 atom stereocenters. The standard InChI is InChI=1S/C15H22N2OS.ClH/c18-15(2-1-12-3-7-16-8-4-12)17-9-5-14-13(11-17)6-10-19-14;/h6,10,12,16H,1-5,7-9,11H2;1H. The molecule has 1 saturated heterocycles. The maximum Gasteiger partial charge on any atom is 0.222 e. The van der Waals surface area contributed by atoms with E-state index in [-0.39, 0.29) is 12.4 Å². The van der Waals surface area contributed by atoms with E-state index in [1.807, 2.05) is 11.3 Å². The monoisotopic (exact) mass is 314 g/mol. The Bertz CT molecular complexity index is 443. The van der Waals surface area contributed by atoms with Gasteiger partial charge in [0, 0.05) is 24.4 Å². The van der Waals surface area contributed by atoms with Crippen molar-refractivity contribution < 1.29 is 4.79 Å². The Hall–Kier alpha value is -0.580. The van der Waals surface area contributed by atoms with Crippen molar-refractivity contribution in [2.45, 2.75) is 38.6 Å². The van der Waals surface area contributed by atoms with E-state index in [0.717, 1.165) is 51.4 Å². The second-order valence-corrected chi connectivity index (χ2v) is 6.67. The minimum absolute atomic E-state index is 0. The van der Waals surface area contributed by atoms with Gasteiger partial charge in [-0.1, -0.05) is 0 Å². The van der Waals surface area contributed by atoms with E-state index in [9.17, 15) is 4.79 Å². The van der Waals surface area contributed by atoms with Gasteiger partial charge in [-0.2, -0.15) is 0 Å². The summed E-state index contributed by atoms with van der Waals surface area (Å²) in [4.78, 5) is 15.8. The lowest BCUT2D eigenvalue weighted by atomic mass is 9.93. The number of halogens is 1. The number of rotatable bonds is 3. The van der Waals surface area contributed by atoms with Gasteiger partial charge < -0.3 is 10.2 Å². The summed E-state index contributed by atoms with van der Waals surface area (Å²) in [6, 6.07) is 2.17. The number of nitrogens with one attached hydrogen (secondary N) is 1. The van der Waals surface area contributed by atoms with E-state index in [4.69, 9.17) is 0 Å². The first-order valence-electron chi connectivity index (χ1n) is 7.36. The van der Waals surface area contributed by atoms with Crippen molar-refractivity contribution in [3.8, 4) is 0 Å². The molecule has 0 saturated carbocycles. The van der Waals surface area contributed by atoms with E-state index >= 15 is 0 Å². The Morgan fingerprint density at radius 2 is 2.20 bits per heavy atom. The van der Waals surface area contributed by atoms with Gasteiger partial charge >= 0.3 is 0 Å². The summed E-state index contributed by atoms with van der Waals surface area (Å²) < 4.78 is 0. The van der Waals surface area contributed by atoms with Crippen LogP contribution in [-0.4, -0.2) is 30.4 Å². The highest BCUT2D eigenvalue weighted by Crippen LogP contribution is 2.25. The van der Waals surface area contributed by atoms with E-state index in [1.165, 1.54) is 23.3 Å². The normalized spacial score (nSPS) is 19.3. The smallest absolute Gasteiger partial charge is 0.222 e. The molecule has 1 fully saturated rings. The van der Waals surface area contributed by atoms with Gasteiger partial charge in [0.25, 0.3) is 0 Å². The SMILES string of the molecule is Cl.O=C(CCC1CCNCC1)N1CCc2sccc2C1. The van der Waals surface area contributed by atoms with Crippen LogP contribution in [0, 0.1) is 5.92 Å². The molecule has 0 bridgehead atoms. The van der Waals surface area contributed by atoms with Crippen LogP contribution in [-0.2, 0) is 17.8 Å². The molecule has 1 aromatic heterocycles. The molecule has 0 unspecified atom stereocenters. The van der Waals surface area contributed by atoms with Crippen LogP contribution in [0.5, 0.6) is 0 Å². The molecule has 3 rings (SSSR count). The summed E-state index contributed by atoms with van der Waals surface area (Å²) in [5.74, 6) is 1.11. The topological polar surface area (TPSA) is 32.3 Å². The zero-order valence-electron chi connectivity index (χ0n) is 11.8. The van der Waals surface area contributed by atoms with Crippen molar-refractivity contribution in [2.75, 3.05) is 19.6 Å². The highest BCUT2D eigenvalue weighted by atomic mass is 35.5. The van der Waals surface area contributed by atoms with Gasteiger partial charge in [-0.3, -0.25) is 4.79 Å². The molecule has 2 aliphatic heterocycles. The lowest BCUT2D eigenvalue weighted by Crippen LogP contribution is -2.36. The van der Waals surface area contributed by atoms with Gasteiger partial charge in [0.05, 0.1) is 0 Å². The van der Waals surface area contributed by atoms with Crippen molar-refractivity contribution in [2.24, 2.45) is 5.92 Å². The molecule has 3 nitrogen and oxygen atoms in total. The van der Waals surface area contributed by atoms with Gasteiger partial charge in [0.15, 0.2) is 0 Å². The largest absolute Gasteiger partial charge is 0.338 e. The third-order valence-corrected chi connectivity index (χ3v) is 5.41. The fraction of sp³-hybridized carbons (Fsp3) is 0.667. The molecule has 1 N–H and O–H groups in total. The molecule has 0 aliphatic carbocycles. The molecule has 0 radical (unpaired) electrons. The molecule has 0 aromatic carbocycles. The highest BCUT2D eigenvalue weighted by molar-refractivity contribution is 7.10. The van der Waals surface area contributed by atoms with Crippen LogP contribution in [0.15, 0.2) is 11.4 Å². The van der Waals surface area contributed by atoms with Gasteiger partial charge in [-0.05, 0) is 61.7 Å². The number of fused-ring (bicyclic) bond motifs is 1. The molecule has 3 heterocycles. The van der Waals surface area contributed by atoms with Crippen LogP contribution in [0.25, 0.3) is 0 Å². The Balaban J connectivity index is 0.00000147. The zero-order chi connectivity index (χ0) is 13.1. The minimum Gasteiger partial charge on any atom is -0.338 e. The maximum absolute atomic E-state index is 12.3. The van der Waals surface area contributed by atoms with Crippen LogP contribution < -0.4 is 5.32 Å². The summed E-state index contributed by atoms with van der Waals surface area (Å²) in [5, 5.41) is 5.53. The fourth-order valence-electron chi connectivity index (χ4n) is 3.12. The zero-order valence-corrected chi connectivity index (χ0v) is 13.4. The van der Waals surface area contributed by atoms with Crippen LogP contribution in [0.3, 0.4) is 0 Å². The number of nitrogens with zero attached hydrogens (tertiary/aromatic N) is 1. The minimum atomic E-state index is 0. The average Bonchev–Trinajstić information content (AvgIpc) is 2.93. The highest BCUT2D eigenvalue weighted by Gasteiger charge is 2.22.